The molecule has 4 heteroatoms. The zero-order valence-electron chi connectivity index (χ0n) is 10.4. The van der Waals surface area contributed by atoms with Crippen molar-refractivity contribution < 1.29 is 14.6 Å². The Kier molecular flexibility index (Phi) is 4.20. The molecule has 0 spiro atoms. The van der Waals surface area contributed by atoms with Crippen LogP contribution < -0.4 is 10.1 Å². The molecular formula is C14H19NO3. The summed E-state index contributed by atoms with van der Waals surface area (Å²) < 4.78 is 5.50. The molecule has 0 aliphatic heterocycles. The average Bonchev–Trinajstić information content (AvgIpc) is 3.16. The molecule has 1 aliphatic rings. The van der Waals surface area contributed by atoms with Crippen LogP contribution in [0.1, 0.15) is 25.7 Å². The first kappa shape index (κ1) is 12.9. The number of nitrogens with one attached hydrogen (secondary N) is 1. The first-order chi connectivity index (χ1) is 8.74. The molecule has 18 heavy (non-hydrogen) atoms. The zero-order valence-corrected chi connectivity index (χ0v) is 10.4. The fourth-order valence-electron chi connectivity index (χ4n) is 1.77. The lowest BCUT2D eigenvalue weighted by Crippen LogP contribution is -2.39. The Balaban J connectivity index is 1.59. The van der Waals surface area contributed by atoms with Gasteiger partial charge in [0.2, 0.25) is 5.91 Å². The van der Waals surface area contributed by atoms with E-state index >= 15 is 0 Å². The summed E-state index contributed by atoms with van der Waals surface area (Å²) in [5.41, 5.74) is -0.308. The first-order valence-electron chi connectivity index (χ1n) is 6.34. The number of carbonyl (C=O) groups excluding carboxylic acids is 1. The molecule has 4 nitrogen and oxygen atoms in total. The van der Waals surface area contributed by atoms with Gasteiger partial charge in [-0.25, -0.2) is 0 Å². The van der Waals surface area contributed by atoms with Crippen molar-refractivity contribution in [3.63, 3.8) is 0 Å². The summed E-state index contributed by atoms with van der Waals surface area (Å²) in [6.45, 7) is 0.572. The highest BCUT2D eigenvalue weighted by Crippen LogP contribution is 2.34. The summed E-state index contributed by atoms with van der Waals surface area (Å²) in [4.78, 5) is 11.6. The molecule has 0 bridgehead atoms. The Hall–Kier alpha value is -1.55. The van der Waals surface area contributed by atoms with E-state index in [1.165, 1.54) is 0 Å². The number of amides is 1. The predicted molar refractivity (Wildman–Crippen MR) is 68.4 cm³/mol. The maximum Gasteiger partial charge on any atom is 0.220 e. The van der Waals surface area contributed by atoms with E-state index in [0.717, 1.165) is 18.6 Å². The minimum atomic E-state index is -0.308. The predicted octanol–water partition coefficient (Wildman–Crippen LogP) is 1.49. The summed E-state index contributed by atoms with van der Waals surface area (Å²) in [6.07, 6.45) is 2.89. The number of hydrogen-bond donors (Lipinski definition) is 2. The number of ether oxygens (including phenoxy) is 1. The van der Waals surface area contributed by atoms with E-state index in [0.29, 0.717) is 19.4 Å². The van der Waals surface area contributed by atoms with Crippen LogP contribution in [0.3, 0.4) is 0 Å². The Morgan fingerprint density at radius 2 is 2.06 bits per heavy atom. The highest BCUT2D eigenvalue weighted by molar-refractivity contribution is 5.77. The molecule has 1 amide bonds. The lowest BCUT2D eigenvalue weighted by molar-refractivity contribution is -0.122. The number of hydrogen-bond acceptors (Lipinski definition) is 3. The van der Waals surface area contributed by atoms with Crippen LogP contribution in [-0.2, 0) is 4.79 Å². The Bertz CT molecular complexity index is 387. The topological polar surface area (TPSA) is 58.6 Å². The third-order valence-electron chi connectivity index (χ3n) is 3.12. The van der Waals surface area contributed by atoms with Crippen molar-refractivity contribution in [1.82, 2.24) is 5.32 Å². The zero-order chi connectivity index (χ0) is 12.8. The molecule has 0 saturated heterocycles. The highest BCUT2D eigenvalue weighted by Gasteiger charge is 2.43. The van der Waals surface area contributed by atoms with Gasteiger partial charge < -0.3 is 15.2 Å². The van der Waals surface area contributed by atoms with Gasteiger partial charge in [0.05, 0.1) is 18.8 Å². The van der Waals surface area contributed by atoms with E-state index in [1.54, 1.807) is 0 Å². The van der Waals surface area contributed by atoms with E-state index in [2.05, 4.69) is 5.32 Å². The van der Waals surface area contributed by atoms with Gasteiger partial charge in [-0.3, -0.25) is 4.79 Å². The molecule has 0 heterocycles. The minimum absolute atomic E-state index is 0.00166. The fourth-order valence-corrected chi connectivity index (χ4v) is 1.77. The number of benzene rings is 1. The van der Waals surface area contributed by atoms with Crippen LogP contribution in [-0.4, -0.2) is 29.8 Å². The first-order valence-corrected chi connectivity index (χ1v) is 6.34. The van der Waals surface area contributed by atoms with Crippen LogP contribution in [0.15, 0.2) is 30.3 Å². The number of para-hydroxylation sites is 1. The van der Waals surface area contributed by atoms with Gasteiger partial charge in [-0.05, 0) is 31.4 Å². The van der Waals surface area contributed by atoms with Crippen LogP contribution in [0.4, 0.5) is 0 Å². The molecule has 0 atom stereocenters. The number of aliphatic hydroxyl groups excluding tert-OH is 1. The van der Waals surface area contributed by atoms with Crippen molar-refractivity contribution in [3.8, 4) is 5.75 Å². The normalized spacial score (nSPS) is 16.1. The Labute approximate surface area is 107 Å². The third-order valence-corrected chi connectivity index (χ3v) is 3.12. The lowest BCUT2D eigenvalue weighted by Gasteiger charge is -2.14. The van der Waals surface area contributed by atoms with Gasteiger partial charge >= 0.3 is 0 Å². The lowest BCUT2D eigenvalue weighted by atomic mass is 10.2. The van der Waals surface area contributed by atoms with Gasteiger partial charge in [0, 0.05) is 6.42 Å². The third kappa shape index (κ3) is 3.74. The molecule has 0 unspecified atom stereocenters. The Morgan fingerprint density at radius 3 is 2.67 bits per heavy atom. The SMILES string of the molecule is O=C(CCCOc1ccccc1)NC1(CO)CC1. The molecule has 0 radical (unpaired) electrons. The molecule has 1 aromatic carbocycles. The molecule has 0 aromatic heterocycles. The van der Waals surface area contributed by atoms with E-state index in [-0.39, 0.29) is 18.1 Å². The summed E-state index contributed by atoms with van der Waals surface area (Å²) in [6, 6.07) is 9.56. The molecule has 98 valence electrons. The second-order valence-corrected chi connectivity index (χ2v) is 4.75. The minimum Gasteiger partial charge on any atom is -0.494 e. The second kappa shape index (κ2) is 5.87. The van der Waals surface area contributed by atoms with E-state index in [4.69, 9.17) is 9.84 Å². The van der Waals surface area contributed by atoms with Crippen LogP contribution in [0.25, 0.3) is 0 Å². The summed E-state index contributed by atoms with van der Waals surface area (Å²) in [7, 11) is 0. The van der Waals surface area contributed by atoms with E-state index in [9.17, 15) is 4.79 Å². The monoisotopic (exact) mass is 249 g/mol. The summed E-state index contributed by atoms with van der Waals surface area (Å²) >= 11 is 0. The average molecular weight is 249 g/mol. The van der Waals surface area contributed by atoms with Crippen LogP contribution in [0.5, 0.6) is 5.75 Å². The Morgan fingerprint density at radius 1 is 1.33 bits per heavy atom. The van der Waals surface area contributed by atoms with Gasteiger partial charge in [0.25, 0.3) is 0 Å². The standard InChI is InChI=1S/C14H19NO3/c16-11-14(8-9-14)15-13(17)7-4-10-18-12-5-2-1-3-6-12/h1-3,5-6,16H,4,7-11H2,(H,15,17). The largest absolute Gasteiger partial charge is 0.494 e. The van der Waals surface area contributed by atoms with Gasteiger partial charge in [-0.1, -0.05) is 18.2 Å². The highest BCUT2D eigenvalue weighted by atomic mass is 16.5. The summed E-state index contributed by atoms with van der Waals surface area (Å²) in [5, 5.41) is 12.0. The van der Waals surface area contributed by atoms with E-state index < -0.39 is 0 Å². The van der Waals surface area contributed by atoms with Gasteiger partial charge in [-0.15, -0.1) is 0 Å². The number of carbonyl (C=O) groups is 1. The number of aliphatic hydroxyl groups is 1. The molecule has 1 aromatic rings. The van der Waals surface area contributed by atoms with Crippen molar-refractivity contribution >= 4 is 5.91 Å². The van der Waals surface area contributed by atoms with Crippen molar-refractivity contribution in [2.24, 2.45) is 0 Å². The maximum atomic E-state index is 11.6. The molecular weight excluding hydrogens is 230 g/mol. The van der Waals surface area contributed by atoms with Gasteiger partial charge in [0.15, 0.2) is 0 Å². The van der Waals surface area contributed by atoms with Crippen LogP contribution in [0, 0.1) is 0 Å². The summed E-state index contributed by atoms with van der Waals surface area (Å²) in [5.74, 6) is 0.824. The fraction of sp³-hybridized carbons (Fsp3) is 0.500. The smallest absolute Gasteiger partial charge is 0.220 e. The molecule has 2 N–H and O–H groups in total. The maximum absolute atomic E-state index is 11.6. The van der Waals surface area contributed by atoms with Crippen LogP contribution >= 0.6 is 0 Å². The van der Waals surface area contributed by atoms with Crippen molar-refractivity contribution in [1.29, 1.82) is 0 Å². The molecule has 1 aliphatic carbocycles. The molecule has 1 fully saturated rings. The number of rotatable bonds is 7. The molecule has 1 saturated carbocycles. The quantitative estimate of drug-likeness (QED) is 0.720. The van der Waals surface area contributed by atoms with E-state index in [1.807, 2.05) is 30.3 Å². The van der Waals surface area contributed by atoms with Gasteiger partial charge in [0.1, 0.15) is 5.75 Å². The van der Waals surface area contributed by atoms with Gasteiger partial charge in [-0.2, -0.15) is 0 Å². The van der Waals surface area contributed by atoms with Crippen molar-refractivity contribution in [3.05, 3.63) is 30.3 Å². The second-order valence-electron chi connectivity index (χ2n) is 4.75. The van der Waals surface area contributed by atoms with Crippen LogP contribution in [0.2, 0.25) is 0 Å². The molecule has 2 rings (SSSR count). The van der Waals surface area contributed by atoms with Crippen molar-refractivity contribution in [2.75, 3.05) is 13.2 Å². The van der Waals surface area contributed by atoms with Crippen molar-refractivity contribution in [2.45, 2.75) is 31.2 Å².